The third-order valence-electron chi connectivity index (χ3n) is 4.24. The van der Waals surface area contributed by atoms with Gasteiger partial charge in [-0.05, 0) is 50.1 Å². The molecule has 0 aliphatic heterocycles. The summed E-state index contributed by atoms with van der Waals surface area (Å²) in [6.07, 6.45) is 0. The molecule has 2 aromatic rings. The van der Waals surface area contributed by atoms with E-state index < -0.39 is 0 Å². The number of carbonyl (C=O) groups is 1. The Hall–Kier alpha value is -2.29. The van der Waals surface area contributed by atoms with Crippen LogP contribution in [0.2, 0.25) is 0 Å². The van der Waals surface area contributed by atoms with Crippen molar-refractivity contribution in [1.29, 1.82) is 0 Å². The van der Waals surface area contributed by atoms with Crippen LogP contribution in [0.3, 0.4) is 0 Å². The summed E-state index contributed by atoms with van der Waals surface area (Å²) in [6.45, 7) is 6.08. The molecule has 0 aliphatic rings. The van der Waals surface area contributed by atoms with Gasteiger partial charge < -0.3 is 9.64 Å². The average molecular weight is 297 g/mol. The monoisotopic (exact) mass is 297 g/mol. The molecule has 0 N–H and O–H groups in total. The quantitative estimate of drug-likeness (QED) is 0.848. The lowest BCUT2D eigenvalue weighted by atomic mass is 10.0. The molecule has 0 fully saturated rings. The molecule has 22 heavy (non-hydrogen) atoms. The normalized spacial score (nSPS) is 11.9. The van der Waals surface area contributed by atoms with Gasteiger partial charge in [0, 0.05) is 18.2 Å². The van der Waals surface area contributed by atoms with E-state index in [9.17, 15) is 4.79 Å². The first-order chi connectivity index (χ1) is 10.5. The van der Waals surface area contributed by atoms with E-state index >= 15 is 0 Å². The highest BCUT2D eigenvalue weighted by Crippen LogP contribution is 2.29. The number of ether oxygens (including phenoxy) is 1. The van der Waals surface area contributed by atoms with Crippen LogP contribution in [-0.2, 0) is 0 Å². The van der Waals surface area contributed by atoms with Gasteiger partial charge in [-0.2, -0.15) is 0 Å². The fraction of sp³-hybridized carbons (Fsp3) is 0.316. The molecule has 1 unspecified atom stereocenters. The van der Waals surface area contributed by atoms with Gasteiger partial charge in [0.05, 0.1) is 13.2 Å². The van der Waals surface area contributed by atoms with Gasteiger partial charge in [0.1, 0.15) is 5.75 Å². The molecule has 0 heterocycles. The Bertz CT molecular complexity index is 679. The average Bonchev–Trinajstić information content (AvgIpc) is 2.55. The first-order valence-corrected chi connectivity index (χ1v) is 7.43. The zero-order chi connectivity index (χ0) is 16.3. The van der Waals surface area contributed by atoms with Gasteiger partial charge in [-0.3, -0.25) is 4.79 Å². The van der Waals surface area contributed by atoms with E-state index in [2.05, 4.69) is 0 Å². The molecule has 0 aromatic heterocycles. The fourth-order valence-corrected chi connectivity index (χ4v) is 2.47. The molecule has 0 radical (unpaired) electrons. The van der Waals surface area contributed by atoms with Crippen LogP contribution in [0.15, 0.2) is 42.5 Å². The van der Waals surface area contributed by atoms with E-state index in [0.29, 0.717) is 5.56 Å². The first-order valence-electron chi connectivity index (χ1n) is 7.43. The zero-order valence-electron chi connectivity index (χ0n) is 13.9. The first kappa shape index (κ1) is 16.1. The van der Waals surface area contributed by atoms with Crippen molar-refractivity contribution in [3.63, 3.8) is 0 Å². The van der Waals surface area contributed by atoms with E-state index in [1.165, 1.54) is 5.56 Å². The summed E-state index contributed by atoms with van der Waals surface area (Å²) >= 11 is 0. The molecule has 2 rings (SSSR count). The molecule has 1 amide bonds. The smallest absolute Gasteiger partial charge is 0.254 e. The van der Waals surface area contributed by atoms with Gasteiger partial charge in [0.2, 0.25) is 0 Å². The number of benzene rings is 2. The van der Waals surface area contributed by atoms with Gasteiger partial charge in [-0.1, -0.05) is 24.3 Å². The second kappa shape index (κ2) is 6.65. The van der Waals surface area contributed by atoms with Crippen LogP contribution >= 0.6 is 0 Å². The number of nitrogens with zero attached hydrogens (tertiary/aromatic N) is 1. The molecule has 0 saturated heterocycles. The lowest BCUT2D eigenvalue weighted by Gasteiger charge is -2.27. The van der Waals surface area contributed by atoms with E-state index in [1.807, 2.05) is 70.3 Å². The molecule has 3 nitrogen and oxygen atoms in total. The molecule has 0 aliphatic carbocycles. The number of methoxy groups -OCH3 is 1. The third kappa shape index (κ3) is 3.14. The van der Waals surface area contributed by atoms with Crippen LogP contribution in [0.25, 0.3) is 0 Å². The van der Waals surface area contributed by atoms with Gasteiger partial charge in [-0.15, -0.1) is 0 Å². The predicted molar refractivity (Wildman–Crippen MR) is 89.4 cm³/mol. The SMILES string of the molecule is COc1ccccc1C(C)N(C)C(=O)c1ccc(C)c(C)c1. The summed E-state index contributed by atoms with van der Waals surface area (Å²) in [4.78, 5) is 14.5. The highest BCUT2D eigenvalue weighted by atomic mass is 16.5. The topological polar surface area (TPSA) is 29.5 Å². The summed E-state index contributed by atoms with van der Waals surface area (Å²) < 4.78 is 5.40. The van der Waals surface area contributed by atoms with E-state index in [1.54, 1.807) is 12.0 Å². The molecule has 0 saturated carbocycles. The Kier molecular flexibility index (Phi) is 4.86. The second-order valence-corrected chi connectivity index (χ2v) is 5.63. The number of aryl methyl sites for hydroxylation is 2. The van der Waals surface area contributed by atoms with Crippen molar-refractivity contribution in [2.75, 3.05) is 14.2 Å². The van der Waals surface area contributed by atoms with Crippen LogP contribution in [-0.4, -0.2) is 25.0 Å². The molecular weight excluding hydrogens is 274 g/mol. The number of rotatable bonds is 4. The Morgan fingerprint density at radius 2 is 1.77 bits per heavy atom. The molecule has 1 atom stereocenters. The predicted octanol–water partition coefficient (Wildman–Crippen LogP) is 4.15. The minimum Gasteiger partial charge on any atom is -0.496 e. The van der Waals surface area contributed by atoms with Crippen LogP contribution in [0.5, 0.6) is 5.75 Å². The van der Waals surface area contributed by atoms with Crippen LogP contribution in [0.4, 0.5) is 0 Å². The van der Waals surface area contributed by atoms with E-state index in [0.717, 1.165) is 16.9 Å². The standard InChI is InChI=1S/C19H23NO2/c1-13-10-11-16(12-14(13)2)19(21)20(4)15(3)17-8-6-7-9-18(17)22-5/h6-12,15H,1-5H3. The van der Waals surface area contributed by atoms with Crippen molar-refractivity contribution in [2.45, 2.75) is 26.8 Å². The van der Waals surface area contributed by atoms with Crippen LogP contribution in [0, 0.1) is 13.8 Å². The summed E-state index contributed by atoms with van der Waals surface area (Å²) in [5.74, 6) is 0.816. The molecule has 2 aromatic carbocycles. The summed E-state index contributed by atoms with van der Waals surface area (Å²) in [5.41, 5.74) is 4.04. The highest BCUT2D eigenvalue weighted by Gasteiger charge is 2.21. The van der Waals surface area contributed by atoms with Crippen LogP contribution < -0.4 is 4.74 Å². The maximum Gasteiger partial charge on any atom is 0.254 e. The van der Waals surface area contributed by atoms with E-state index in [4.69, 9.17) is 4.74 Å². The number of hydrogen-bond donors (Lipinski definition) is 0. The minimum absolute atomic E-state index is 0.0153. The molecule has 0 spiro atoms. The molecule has 0 bridgehead atoms. The third-order valence-corrected chi connectivity index (χ3v) is 4.24. The Balaban J connectivity index is 2.28. The number of carbonyl (C=O) groups excluding carboxylic acids is 1. The van der Waals surface area contributed by atoms with Gasteiger partial charge in [0.15, 0.2) is 0 Å². The zero-order valence-corrected chi connectivity index (χ0v) is 13.9. The van der Waals surface area contributed by atoms with Crippen molar-refractivity contribution in [1.82, 2.24) is 4.90 Å². The Morgan fingerprint density at radius 1 is 1.09 bits per heavy atom. The van der Waals surface area contributed by atoms with Crippen molar-refractivity contribution < 1.29 is 9.53 Å². The minimum atomic E-state index is -0.0646. The van der Waals surface area contributed by atoms with Crippen molar-refractivity contribution in [3.8, 4) is 5.75 Å². The number of hydrogen-bond acceptors (Lipinski definition) is 2. The molecule has 116 valence electrons. The highest BCUT2D eigenvalue weighted by molar-refractivity contribution is 5.94. The maximum absolute atomic E-state index is 12.7. The summed E-state index contributed by atoms with van der Waals surface area (Å²) in [5, 5.41) is 0. The molecule has 3 heteroatoms. The summed E-state index contributed by atoms with van der Waals surface area (Å²) in [6, 6.07) is 13.6. The summed E-state index contributed by atoms with van der Waals surface area (Å²) in [7, 11) is 3.48. The fourth-order valence-electron chi connectivity index (χ4n) is 2.47. The lowest BCUT2D eigenvalue weighted by molar-refractivity contribution is 0.0741. The molecular formula is C19H23NO2. The largest absolute Gasteiger partial charge is 0.496 e. The van der Waals surface area contributed by atoms with Crippen molar-refractivity contribution >= 4 is 5.91 Å². The lowest BCUT2D eigenvalue weighted by Crippen LogP contribution is -2.30. The van der Waals surface area contributed by atoms with E-state index in [-0.39, 0.29) is 11.9 Å². The number of para-hydroxylation sites is 1. The Labute approximate surface area is 132 Å². The Morgan fingerprint density at radius 3 is 2.41 bits per heavy atom. The number of amides is 1. The van der Waals surface area contributed by atoms with Crippen LogP contribution in [0.1, 0.15) is 40.0 Å². The second-order valence-electron chi connectivity index (χ2n) is 5.63. The maximum atomic E-state index is 12.7. The van der Waals surface area contributed by atoms with Crippen molar-refractivity contribution in [3.05, 3.63) is 64.7 Å². The van der Waals surface area contributed by atoms with Gasteiger partial charge in [0.25, 0.3) is 5.91 Å². The van der Waals surface area contributed by atoms with Gasteiger partial charge >= 0.3 is 0 Å². The van der Waals surface area contributed by atoms with Crippen molar-refractivity contribution in [2.24, 2.45) is 0 Å². The van der Waals surface area contributed by atoms with Gasteiger partial charge in [-0.25, -0.2) is 0 Å².